The molecule has 0 saturated carbocycles. The summed E-state index contributed by atoms with van der Waals surface area (Å²) in [4.78, 5) is 20.5. The quantitative estimate of drug-likeness (QED) is 0.564. The Morgan fingerprint density at radius 3 is 2.70 bits per heavy atom. The van der Waals surface area contributed by atoms with Gasteiger partial charge in [0.15, 0.2) is 0 Å². The average molecular weight is 275 g/mol. The topological polar surface area (TPSA) is 111 Å². The molecule has 4 N–H and O–H groups in total. The molecule has 2 aromatic heterocycles. The van der Waals surface area contributed by atoms with Crippen LogP contribution in [0.15, 0.2) is 18.5 Å². The smallest absolute Gasteiger partial charge is 0.258 e. The van der Waals surface area contributed by atoms with E-state index in [0.717, 1.165) is 5.69 Å². The van der Waals surface area contributed by atoms with Crippen molar-refractivity contribution >= 4 is 17.7 Å². The van der Waals surface area contributed by atoms with Crippen LogP contribution in [0.1, 0.15) is 35.8 Å². The first-order valence-corrected chi connectivity index (χ1v) is 6.15. The summed E-state index contributed by atoms with van der Waals surface area (Å²) >= 11 is 0. The Hall–Kier alpha value is -2.48. The minimum atomic E-state index is -0.290. The SMILES string of the molecule is CC(C)c1cc(C(=O)Nc2ncnn2C)cc(NN)n1. The number of rotatable bonds is 4. The van der Waals surface area contributed by atoms with Crippen LogP contribution in [0.3, 0.4) is 0 Å². The molecule has 8 nitrogen and oxygen atoms in total. The number of amides is 1. The van der Waals surface area contributed by atoms with Crippen molar-refractivity contribution in [2.45, 2.75) is 19.8 Å². The Morgan fingerprint density at radius 2 is 2.15 bits per heavy atom. The molecule has 0 fully saturated rings. The number of nitrogen functional groups attached to an aromatic ring is 1. The fraction of sp³-hybridized carbons (Fsp3) is 0.333. The molecule has 106 valence electrons. The molecule has 0 aliphatic carbocycles. The van der Waals surface area contributed by atoms with Crippen LogP contribution >= 0.6 is 0 Å². The van der Waals surface area contributed by atoms with Crippen LogP contribution in [0.4, 0.5) is 11.8 Å². The van der Waals surface area contributed by atoms with Gasteiger partial charge in [0.05, 0.1) is 0 Å². The molecule has 0 atom stereocenters. The number of aromatic nitrogens is 4. The molecule has 0 bridgehead atoms. The first-order valence-electron chi connectivity index (χ1n) is 6.15. The standard InChI is InChI=1S/C12H17N7O/c1-7(2)9-4-8(5-10(16-9)18-13)11(20)17-12-14-6-15-19(12)3/h4-7H,13H2,1-3H3,(H,16,18)(H,14,15,17,20). The minimum absolute atomic E-state index is 0.185. The third kappa shape index (κ3) is 2.91. The Labute approximate surface area is 116 Å². The van der Waals surface area contributed by atoms with E-state index in [1.165, 1.54) is 11.0 Å². The summed E-state index contributed by atoms with van der Waals surface area (Å²) in [5.41, 5.74) is 3.70. The van der Waals surface area contributed by atoms with E-state index in [1.54, 1.807) is 19.2 Å². The van der Waals surface area contributed by atoms with Crippen molar-refractivity contribution in [3.8, 4) is 0 Å². The number of anilines is 2. The highest BCUT2D eigenvalue weighted by molar-refractivity contribution is 6.03. The first kappa shape index (κ1) is 13.9. The van der Waals surface area contributed by atoms with Gasteiger partial charge in [-0.2, -0.15) is 10.1 Å². The predicted molar refractivity (Wildman–Crippen MR) is 75.1 cm³/mol. The fourth-order valence-corrected chi connectivity index (χ4v) is 1.64. The summed E-state index contributed by atoms with van der Waals surface area (Å²) in [6.45, 7) is 3.99. The third-order valence-corrected chi connectivity index (χ3v) is 2.78. The number of carbonyl (C=O) groups is 1. The molecule has 0 aromatic carbocycles. The van der Waals surface area contributed by atoms with Crippen molar-refractivity contribution in [3.63, 3.8) is 0 Å². The molecule has 0 saturated heterocycles. The van der Waals surface area contributed by atoms with Gasteiger partial charge in [0.1, 0.15) is 12.1 Å². The van der Waals surface area contributed by atoms with Crippen molar-refractivity contribution in [1.29, 1.82) is 0 Å². The maximum atomic E-state index is 12.2. The summed E-state index contributed by atoms with van der Waals surface area (Å²) in [5, 5.41) is 6.57. The average Bonchev–Trinajstić information content (AvgIpc) is 2.83. The van der Waals surface area contributed by atoms with Gasteiger partial charge in [-0.15, -0.1) is 0 Å². The molecule has 1 amide bonds. The Balaban J connectivity index is 2.29. The summed E-state index contributed by atoms with van der Waals surface area (Å²) in [5.74, 6) is 6.09. The van der Waals surface area contributed by atoms with E-state index in [9.17, 15) is 4.79 Å². The molecule has 2 aromatic rings. The number of nitrogens with one attached hydrogen (secondary N) is 2. The molecule has 0 aliphatic rings. The van der Waals surface area contributed by atoms with E-state index in [0.29, 0.717) is 17.3 Å². The zero-order valence-corrected chi connectivity index (χ0v) is 11.6. The Kier molecular flexibility index (Phi) is 3.94. The second-order valence-electron chi connectivity index (χ2n) is 4.63. The van der Waals surface area contributed by atoms with Gasteiger partial charge < -0.3 is 5.43 Å². The Bertz CT molecular complexity index is 620. The number of aryl methyl sites for hydroxylation is 1. The molecule has 0 aliphatic heterocycles. The van der Waals surface area contributed by atoms with Crippen LogP contribution in [0.25, 0.3) is 0 Å². The van der Waals surface area contributed by atoms with Gasteiger partial charge in [-0.05, 0) is 18.1 Å². The van der Waals surface area contributed by atoms with Crippen molar-refractivity contribution in [1.82, 2.24) is 19.7 Å². The van der Waals surface area contributed by atoms with Gasteiger partial charge in [0, 0.05) is 18.3 Å². The zero-order chi connectivity index (χ0) is 14.7. The molecule has 0 unspecified atom stereocenters. The summed E-state index contributed by atoms with van der Waals surface area (Å²) in [6.07, 6.45) is 1.37. The highest BCUT2D eigenvalue weighted by Gasteiger charge is 2.13. The van der Waals surface area contributed by atoms with Crippen molar-refractivity contribution < 1.29 is 4.79 Å². The Morgan fingerprint density at radius 1 is 1.40 bits per heavy atom. The highest BCUT2D eigenvalue weighted by atomic mass is 16.1. The van der Waals surface area contributed by atoms with E-state index in [2.05, 4.69) is 25.8 Å². The van der Waals surface area contributed by atoms with Gasteiger partial charge in [-0.25, -0.2) is 15.5 Å². The predicted octanol–water partition coefficient (Wildman–Crippen LogP) is 0.871. The van der Waals surface area contributed by atoms with E-state index >= 15 is 0 Å². The molecule has 0 radical (unpaired) electrons. The number of hydrogen-bond donors (Lipinski definition) is 3. The first-order chi connectivity index (χ1) is 9.51. The van der Waals surface area contributed by atoms with Gasteiger partial charge in [-0.3, -0.25) is 10.1 Å². The molecule has 0 spiro atoms. The van der Waals surface area contributed by atoms with Crippen LogP contribution in [0, 0.1) is 0 Å². The second kappa shape index (κ2) is 5.66. The van der Waals surface area contributed by atoms with Crippen LogP contribution in [0.5, 0.6) is 0 Å². The molecular formula is C12H17N7O. The summed E-state index contributed by atoms with van der Waals surface area (Å²) in [6, 6.07) is 3.31. The van der Waals surface area contributed by atoms with E-state index in [-0.39, 0.29) is 11.8 Å². The molecule has 2 rings (SSSR count). The number of hydrogen-bond acceptors (Lipinski definition) is 6. The number of carbonyl (C=O) groups excluding carboxylic acids is 1. The van der Waals surface area contributed by atoms with Crippen LogP contribution < -0.4 is 16.6 Å². The lowest BCUT2D eigenvalue weighted by molar-refractivity contribution is 0.102. The van der Waals surface area contributed by atoms with Crippen molar-refractivity contribution in [2.24, 2.45) is 12.9 Å². The van der Waals surface area contributed by atoms with Crippen LogP contribution in [0.2, 0.25) is 0 Å². The van der Waals surface area contributed by atoms with Crippen LogP contribution in [-0.4, -0.2) is 25.7 Å². The highest BCUT2D eigenvalue weighted by Crippen LogP contribution is 2.18. The molecular weight excluding hydrogens is 258 g/mol. The van der Waals surface area contributed by atoms with Crippen molar-refractivity contribution in [3.05, 3.63) is 29.7 Å². The largest absolute Gasteiger partial charge is 0.308 e. The molecule has 2 heterocycles. The van der Waals surface area contributed by atoms with Crippen molar-refractivity contribution in [2.75, 3.05) is 10.7 Å². The van der Waals surface area contributed by atoms with E-state index in [4.69, 9.17) is 5.84 Å². The number of pyridine rings is 1. The maximum Gasteiger partial charge on any atom is 0.258 e. The third-order valence-electron chi connectivity index (χ3n) is 2.78. The lowest BCUT2D eigenvalue weighted by Gasteiger charge is -2.10. The van der Waals surface area contributed by atoms with Gasteiger partial charge in [0.25, 0.3) is 5.91 Å². The van der Waals surface area contributed by atoms with Gasteiger partial charge in [0.2, 0.25) is 5.95 Å². The minimum Gasteiger partial charge on any atom is -0.308 e. The fourth-order valence-electron chi connectivity index (χ4n) is 1.64. The lowest BCUT2D eigenvalue weighted by atomic mass is 10.1. The zero-order valence-electron chi connectivity index (χ0n) is 11.6. The monoisotopic (exact) mass is 275 g/mol. The van der Waals surface area contributed by atoms with Gasteiger partial charge in [-0.1, -0.05) is 13.8 Å². The molecule has 8 heteroatoms. The van der Waals surface area contributed by atoms with E-state index < -0.39 is 0 Å². The van der Waals surface area contributed by atoms with Gasteiger partial charge >= 0.3 is 0 Å². The number of hydrazine groups is 1. The second-order valence-corrected chi connectivity index (χ2v) is 4.63. The van der Waals surface area contributed by atoms with Crippen LogP contribution in [-0.2, 0) is 7.05 Å². The summed E-state index contributed by atoms with van der Waals surface area (Å²) in [7, 11) is 1.70. The number of nitrogens with zero attached hydrogens (tertiary/aromatic N) is 4. The number of nitrogens with two attached hydrogens (primary N) is 1. The molecule has 20 heavy (non-hydrogen) atoms. The summed E-state index contributed by atoms with van der Waals surface area (Å²) < 4.78 is 1.48. The lowest BCUT2D eigenvalue weighted by Crippen LogP contribution is -2.18. The maximum absolute atomic E-state index is 12.2. The van der Waals surface area contributed by atoms with E-state index in [1.807, 2.05) is 13.8 Å². The normalized spacial score (nSPS) is 10.7.